The predicted octanol–water partition coefficient (Wildman–Crippen LogP) is 2.09. The summed E-state index contributed by atoms with van der Waals surface area (Å²) in [5.41, 5.74) is 0. The van der Waals surface area contributed by atoms with E-state index in [9.17, 15) is 9.59 Å². The monoisotopic (exact) mass is 186 g/mol. The Bertz CT molecular complexity index is 164. The molecule has 0 aromatic rings. The van der Waals surface area contributed by atoms with Gasteiger partial charge in [0.1, 0.15) is 12.2 Å². The second-order valence-electron chi connectivity index (χ2n) is 3.04. The second-order valence-corrected chi connectivity index (χ2v) is 3.04. The third kappa shape index (κ3) is 7.50. The molecule has 76 valence electrons. The molecule has 0 rings (SSSR count). The van der Waals surface area contributed by atoms with Gasteiger partial charge in [0, 0.05) is 6.42 Å². The Hall–Kier alpha value is -0.860. The van der Waals surface area contributed by atoms with Gasteiger partial charge < -0.3 is 4.74 Å². The average molecular weight is 186 g/mol. The van der Waals surface area contributed by atoms with Gasteiger partial charge in [-0.05, 0) is 12.8 Å². The molecule has 0 aliphatic rings. The SMILES string of the molecule is CCCCOC(=O)CC(=O)CCC. The van der Waals surface area contributed by atoms with Crippen molar-refractivity contribution in [2.24, 2.45) is 0 Å². The summed E-state index contributed by atoms with van der Waals surface area (Å²) in [5.74, 6) is -0.407. The smallest absolute Gasteiger partial charge is 0.313 e. The van der Waals surface area contributed by atoms with E-state index in [4.69, 9.17) is 4.74 Å². The maximum Gasteiger partial charge on any atom is 0.313 e. The first-order chi connectivity index (χ1) is 6.20. The number of hydrogen-bond donors (Lipinski definition) is 0. The Morgan fingerprint density at radius 2 is 1.85 bits per heavy atom. The minimum atomic E-state index is -0.382. The van der Waals surface area contributed by atoms with Crippen LogP contribution in [0.4, 0.5) is 0 Å². The summed E-state index contributed by atoms with van der Waals surface area (Å²) in [4.78, 5) is 21.9. The lowest BCUT2D eigenvalue weighted by atomic mass is 10.2. The molecular weight excluding hydrogens is 168 g/mol. The molecule has 3 heteroatoms. The number of esters is 1. The fourth-order valence-corrected chi connectivity index (χ4v) is 0.910. The molecule has 0 bridgehead atoms. The van der Waals surface area contributed by atoms with E-state index in [0.717, 1.165) is 19.3 Å². The molecule has 0 radical (unpaired) electrons. The number of ether oxygens (including phenoxy) is 1. The number of unbranched alkanes of at least 4 members (excludes halogenated alkanes) is 1. The molecule has 0 fully saturated rings. The highest BCUT2D eigenvalue weighted by atomic mass is 16.5. The van der Waals surface area contributed by atoms with Gasteiger partial charge in [0.2, 0.25) is 0 Å². The standard InChI is InChI=1S/C10H18O3/c1-3-5-7-13-10(12)8-9(11)6-4-2/h3-8H2,1-2H3. The van der Waals surface area contributed by atoms with Gasteiger partial charge in [-0.15, -0.1) is 0 Å². The van der Waals surface area contributed by atoms with Crippen LogP contribution in [0, 0.1) is 0 Å². The highest BCUT2D eigenvalue weighted by Gasteiger charge is 2.08. The van der Waals surface area contributed by atoms with Gasteiger partial charge in [-0.25, -0.2) is 0 Å². The van der Waals surface area contributed by atoms with Crippen molar-refractivity contribution in [1.82, 2.24) is 0 Å². The molecular formula is C10H18O3. The van der Waals surface area contributed by atoms with Crippen molar-refractivity contribution in [1.29, 1.82) is 0 Å². The Kier molecular flexibility index (Phi) is 7.26. The third-order valence-electron chi connectivity index (χ3n) is 1.63. The van der Waals surface area contributed by atoms with Gasteiger partial charge in [-0.1, -0.05) is 20.3 Å². The van der Waals surface area contributed by atoms with Crippen LogP contribution in [-0.4, -0.2) is 18.4 Å². The molecule has 0 saturated carbocycles. The van der Waals surface area contributed by atoms with Crippen molar-refractivity contribution >= 4 is 11.8 Å². The molecule has 0 N–H and O–H groups in total. The van der Waals surface area contributed by atoms with Crippen molar-refractivity contribution in [3.63, 3.8) is 0 Å². The minimum absolute atomic E-state index is 0.0241. The Labute approximate surface area is 79.5 Å². The van der Waals surface area contributed by atoms with E-state index in [2.05, 4.69) is 0 Å². The van der Waals surface area contributed by atoms with Crippen LogP contribution < -0.4 is 0 Å². The first kappa shape index (κ1) is 12.1. The van der Waals surface area contributed by atoms with Gasteiger partial charge in [0.25, 0.3) is 0 Å². The number of hydrogen-bond acceptors (Lipinski definition) is 3. The first-order valence-corrected chi connectivity index (χ1v) is 4.88. The molecule has 0 amide bonds. The van der Waals surface area contributed by atoms with Crippen LogP contribution in [-0.2, 0) is 14.3 Å². The lowest BCUT2D eigenvalue weighted by Crippen LogP contribution is -2.11. The fourth-order valence-electron chi connectivity index (χ4n) is 0.910. The number of rotatable bonds is 7. The van der Waals surface area contributed by atoms with Crippen molar-refractivity contribution in [2.75, 3.05) is 6.61 Å². The van der Waals surface area contributed by atoms with Crippen LogP contribution in [0.2, 0.25) is 0 Å². The lowest BCUT2D eigenvalue weighted by molar-refractivity contribution is -0.146. The zero-order valence-electron chi connectivity index (χ0n) is 8.47. The van der Waals surface area contributed by atoms with Crippen LogP contribution in [0.3, 0.4) is 0 Å². The van der Waals surface area contributed by atoms with Crippen LogP contribution in [0.5, 0.6) is 0 Å². The Morgan fingerprint density at radius 1 is 1.15 bits per heavy atom. The van der Waals surface area contributed by atoms with Gasteiger partial charge in [0.05, 0.1) is 6.61 Å². The molecule has 0 aliphatic heterocycles. The van der Waals surface area contributed by atoms with Crippen LogP contribution in [0.25, 0.3) is 0 Å². The average Bonchev–Trinajstić information content (AvgIpc) is 2.05. The largest absolute Gasteiger partial charge is 0.465 e. The summed E-state index contributed by atoms with van der Waals surface area (Å²) in [5, 5.41) is 0. The number of ketones is 1. The summed E-state index contributed by atoms with van der Waals surface area (Å²) in [7, 11) is 0. The van der Waals surface area contributed by atoms with E-state index in [0.29, 0.717) is 13.0 Å². The van der Waals surface area contributed by atoms with Crippen molar-refractivity contribution in [3.05, 3.63) is 0 Å². The summed E-state index contributed by atoms with van der Waals surface area (Å²) in [6.07, 6.45) is 3.07. The lowest BCUT2D eigenvalue weighted by Gasteiger charge is -2.02. The van der Waals surface area contributed by atoms with E-state index in [1.54, 1.807) is 0 Å². The third-order valence-corrected chi connectivity index (χ3v) is 1.63. The molecule has 0 aromatic heterocycles. The zero-order valence-corrected chi connectivity index (χ0v) is 8.47. The molecule has 0 saturated heterocycles. The normalized spacial score (nSPS) is 9.69. The predicted molar refractivity (Wildman–Crippen MR) is 50.4 cm³/mol. The molecule has 13 heavy (non-hydrogen) atoms. The summed E-state index contributed by atoms with van der Waals surface area (Å²) in [6, 6.07) is 0. The highest BCUT2D eigenvalue weighted by molar-refractivity contribution is 5.95. The Morgan fingerprint density at radius 3 is 2.38 bits per heavy atom. The van der Waals surface area contributed by atoms with E-state index < -0.39 is 0 Å². The van der Waals surface area contributed by atoms with Crippen molar-refractivity contribution in [2.45, 2.75) is 46.0 Å². The quantitative estimate of drug-likeness (QED) is 0.347. The molecule has 0 heterocycles. The van der Waals surface area contributed by atoms with Crippen molar-refractivity contribution < 1.29 is 14.3 Å². The summed E-state index contributed by atoms with van der Waals surface area (Å²) in [6.45, 7) is 4.38. The topological polar surface area (TPSA) is 43.4 Å². The fraction of sp³-hybridized carbons (Fsp3) is 0.800. The van der Waals surface area contributed by atoms with Crippen LogP contribution >= 0.6 is 0 Å². The maximum atomic E-state index is 11.0. The van der Waals surface area contributed by atoms with Crippen LogP contribution in [0.15, 0.2) is 0 Å². The van der Waals surface area contributed by atoms with E-state index in [1.165, 1.54) is 0 Å². The van der Waals surface area contributed by atoms with Gasteiger partial charge in [-0.2, -0.15) is 0 Å². The molecule has 0 aliphatic carbocycles. The number of Topliss-reactive ketones (excluding diaryl/α,β-unsaturated/α-hetero) is 1. The highest BCUT2D eigenvalue weighted by Crippen LogP contribution is 1.97. The summed E-state index contributed by atoms with van der Waals surface area (Å²) < 4.78 is 4.84. The Balaban J connectivity index is 3.44. The molecule has 0 atom stereocenters. The van der Waals surface area contributed by atoms with E-state index in [1.807, 2.05) is 13.8 Å². The molecule has 3 nitrogen and oxygen atoms in total. The summed E-state index contributed by atoms with van der Waals surface area (Å²) >= 11 is 0. The molecule has 0 aromatic carbocycles. The molecule has 0 spiro atoms. The molecule has 0 unspecified atom stereocenters. The van der Waals surface area contributed by atoms with E-state index in [-0.39, 0.29) is 18.2 Å². The zero-order chi connectivity index (χ0) is 10.1. The second kappa shape index (κ2) is 7.77. The maximum absolute atomic E-state index is 11.0. The van der Waals surface area contributed by atoms with Gasteiger partial charge >= 0.3 is 5.97 Å². The first-order valence-electron chi connectivity index (χ1n) is 4.88. The van der Waals surface area contributed by atoms with Gasteiger partial charge in [0.15, 0.2) is 0 Å². The minimum Gasteiger partial charge on any atom is -0.465 e. The van der Waals surface area contributed by atoms with Gasteiger partial charge in [-0.3, -0.25) is 9.59 Å². The number of carbonyl (C=O) groups excluding carboxylic acids is 2. The number of carbonyl (C=O) groups is 2. The van der Waals surface area contributed by atoms with Crippen LogP contribution in [0.1, 0.15) is 46.0 Å². The van der Waals surface area contributed by atoms with E-state index >= 15 is 0 Å². The van der Waals surface area contributed by atoms with Crippen molar-refractivity contribution in [3.8, 4) is 0 Å².